The molecule has 1 unspecified atom stereocenters. The number of aliphatic hydroxyl groups is 1. The van der Waals surface area contributed by atoms with Crippen molar-refractivity contribution in [2.45, 2.75) is 20.1 Å². The first kappa shape index (κ1) is 15.6. The van der Waals surface area contributed by atoms with Gasteiger partial charge in [0.15, 0.2) is 6.29 Å². The summed E-state index contributed by atoms with van der Waals surface area (Å²) in [6, 6.07) is 8.87. The van der Waals surface area contributed by atoms with Crippen molar-refractivity contribution in [3.8, 4) is 5.69 Å². The van der Waals surface area contributed by atoms with Crippen LogP contribution in [0.4, 0.5) is 5.69 Å². The largest absolute Gasteiger partial charge is 0.363 e. The number of rotatable bonds is 5. The average Bonchev–Trinajstić information content (AvgIpc) is 2.82. The number of ether oxygens (including phenoxy) is 1. The van der Waals surface area contributed by atoms with Crippen LogP contribution in [-0.2, 0) is 9.53 Å². The Labute approximate surface area is 128 Å². The molecule has 2 aromatic rings. The van der Waals surface area contributed by atoms with Gasteiger partial charge in [-0.1, -0.05) is 11.6 Å². The summed E-state index contributed by atoms with van der Waals surface area (Å²) < 4.78 is 7.00. The molecule has 6 heteroatoms. The van der Waals surface area contributed by atoms with Gasteiger partial charge in [-0.2, -0.15) is 0 Å². The predicted octanol–water partition coefficient (Wildman–Crippen LogP) is 3.12. The number of carbonyl (C=O) groups excluding carboxylic acids is 1. The molecule has 0 spiro atoms. The van der Waals surface area contributed by atoms with Crippen LogP contribution >= 0.6 is 11.6 Å². The van der Waals surface area contributed by atoms with Gasteiger partial charge in [0.05, 0.1) is 5.69 Å². The number of nitrogens with one attached hydrogen (secondary N) is 1. The zero-order chi connectivity index (χ0) is 15.4. The lowest BCUT2D eigenvalue weighted by Crippen LogP contribution is -2.14. The molecule has 1 heterocycles. The molecule has 0 aliphatic heterocycles. The lowest BCUT2D eigenvalue weighted by atomic mass is 10.3. The van der Waals surface area contributed by atoms with E-state index in [1.54, 1.807) is 35.9 Å². The van der Waals surface area contributed by atoms with Gasteiger partial charge < -0.3 is 19.7 Å². The summed E-state index contributed by atoms with van der Waals surface area (Å²) in [7, 11) is 0. The maximum atomic E-state index is 11.3. The molecule has 2 rings (SSSR count). The van der Waals surface area contributed by atoms with E-state index in [9.17, 15) is 9.90 Å². The van der Waals surface area contributed by atoms with Crippen molar-refractivity contribution in [3.63, 3.8) is 0 Å². The Morgan fingerprint density at radius 2 is 2.05 bits per heavy atom. The Morgan fingerprint density at radius 3 is 2.62 bits per heavy atom. The van der Waals surface area contributed by atoms with Gasteiger partial charge >= 0.3 is 0 Å². The van der Waals surface area contributed by atoms with Crippen molar-refractivity contribution >= 4 is 23.2 Å². The number of hydrogen-bond acceptors (Lipinski definition) is 3. The summed E-state index contributed by atoms with van der Waals surface area (Å²) in [5, 5.41) is 13.5. The molecule has 1 aromatic heterocycles. The molecule has 112 valence electrons. The summed E-state index contributed by atoms with van der Waals surface area (Å²) in [5.41, 5.74) is 1.79. The summed E-state index contributed by atoms with van der Waals surface area (Å²) in [6.45, 7) is 3.56. The van der Waals surface area contributed by atoms with Crippen LogP contribution in [0.3, 0.4) is 0 Å². The molecular formula is C15H17ClN2O3. The minimum atomic E-state index is -1.14. The smallest absolute Gasteiger partial charge is 0.221 e. The van der Waals surface area contributed by atoms with Crippen LogP contribution in [0, 0.1) is 0 Å². The number of benzene rings is 1. The number of halogens is 1. The number of anilines is 1. The van der Waals surface area contributed by atoms with Gasteiger partial charge in [0.1, 0.15) is 5.69 Å². The van der Waals surface area contributed by atoms with Crippen LogP contribution in [0.5, 0.6) is 0 Å². The Hall–Kier alpha value is -1.82. The molecule has 21 heavy (non-hydrogen) atoms. The van der Waals surface area contributed by atoms with E-state index in [4.69, 9.17) is 16.3 Å². The van der Waals surface area contributed by atoms with Crippen LogP contribution in [0.15, 0.2) is 36.5 Å². The Kier molecular flexibility index (Phi) is 5.01. The monoisotopic (exact) mass is 308 g/mol. The third-order valence-corrected chi connectivity index (χ3v) is 3.15. The van der Waals surface area contributed by atoms with E-state index in [0.717, 1.165) is 5.69 Å². The quantitative estimate of drug-likeness (QED) is 0.834. The molecule has 1 aromatic carbocycles. The molecule has 1 atom stereocenters. The van der Waals surface area contributed by atoms with Crippen LogP contribution in [0.1, 0.15) is 25.8 Å². The molecule has 0 aliphatic rings. The van der Waals surface area contributed by atoms with Crippen molar-refractivity contribution < 1.29 is 14.6 Å². The van der Waals surface area contributed by atoms with Crippen LogP contribution < -0.4 is 5.32 Å². The zero-order valence-corrected chi connectivity index (χ0v) is 12.6. The van der Waals surface area contributed by atoms with Gasteiger partial charge in [-0.25, -0.2) is 0 Å². The Bertz CT molecular complexity index is 622. The lowest BCUT2D eigenvalue weighted by Gasteiger charge is -2.17. The first-order chi connectivity index (χ1) is 10.0. The van der Waals surface area contributed by atoms with Crippen molar-refractivity contribution in [2.24, 2.45) is 0 Å². The van der Waals surface area contributed by atoms with Gasteiger partial charge in [-0.15, -0.1) is 0 Å². The number of carbonyl (C=O) groups is 1. The number of nitrogens with zero attached hydrogens (tertiary/aromatic N) is 1. The Morgan fingerprint density at radius 1 is 1.38 bits per heavy atom. The molecule has 1 amide bonds. The Balaban J connectivity index is 2.47. The second kappa shape index (κ2) is 6.76. The highest BCUT2D eigenvalue weighted by Gasteiger charge is 2.19. The van der Waals surface area contributed by atoms with E-state index in [-0.39, 0.29) is 5.91 Å². The van der Waals surface area contributed by atoms with E-state index < -0.39 is 6.29 Å². The van der Waals surface area contributed by atoms with Crippen molar-refractivity contribution in [1.29, 1.82) is 0 Å². The fourth-order valence-corrected chi connectivity index (χ4v) is 2.18. The predicted molar refractivity (Wildman–Crippen MR) is 81.7 cm³/mol. The molecule has 2 N–H and O–H groups in total. The van der Waals surface area contributed by atoms with Crippen LogP contribution in [-0.4, -0.2) is 22.2 Å². The molecule has 0 fully saturated rings. The average molecular weight is 309 g/mol. The maximum absolute atomic E-state index is 11.3. The van der Waals surface area contributed by atoms with Gasteiger partial charge in [-0.05, 0) is 37.3 Å². The van der Waals surface area contributed by atoms with Gasteiger partial charge in [-0.3, -0.25) is 4.79 Å². The lowest BCUT2D eigenvalue weighted by molar-refractivity contribution is -0.114. The third kappa shape index (κ3) is 3.64. The summed E-state index contributed by atoms with van der Waals surface area (Å²) in [5.74, 6) is -0.214. The summed E-state index contributed by atoms with van der Waals surface area (Å²) in [4.78, 5) is 11.3. The number of aromatic nitrogens is 1. The number of amides is 1. The fraction of sp³-hybridized carbons (Fsp3) is 0.267. The second-order valence-corrected chi connectivity index (χ2v) is 4.89. The normalized spacial score (nSPS) is 12.2. The van der Waals surface area contributed by atoms with Crippen molar-refractivity contribution in [3.05, 3.63) is 47.2 Å². The first-order valence-corrected chi connectivity index (χ1v) is 6.95. The molecule has 0 aliphatic carbocycles. The highest BCUT2D eigenvalue weighted by atomic mass is 35.5. The molecule has 0 saturated carbocycles. The second-order valence-electron chi connectivity index (χ2n) is 4.45. The van der Waals surface area contributed by atoms with E-state index in [1.165, 1.54) is 6.92 Å². The minimum absolute atomic E-state index is 0.214. The first-order valence-electron chi connectivity index (χ1n) is 6.57. The zero-order valence-electron chi connectivity index (χ0n) is 11.8. The van der Waals surface area contributed by atoms with Crippen molar-refractivity contribution in [1.82, 2.24) is 4.57 Å². The minimum Gasteiger partial charge on any atom is -0.363 e. The summed E-state index contributed by atoms with van der Waals surface area (Å²) in [6.07, 6.45) is 0.619. The van der Waals surface area contributed by atoms with Crippen LogP contribution in [0.2, 0.25) is 5.02 Å². The number of aliphatic hydroxyl groups excluding tert-OH is 1. The van der Waals surface area contributed by atoms with Gasteiger partial charge in [0.25, 0.3) is 0 Å². The summed E-state index contributed by atoms with van der Waals surface area (Å²) >= 11 is 5.88. The number of hydrogen-bond donors (Lipinski definition) is 2. The van der Waals surface area contributed by atoms with E-state index in [1.807, 2.05) is 12.1 Å². The molecule has 0 bridgehead atoms. The van der Waals surface area contributed by atoms with E-state index in [0.29, 0.717) is 23.0 Å². The molecule has 5 nitrogen and oxygen atoms in total. The van der Waals surface area contributed by atoms with Gasteiger partial charge in [0, 0.05) is 30.4 Å². The SMILES string of the molecule is CCOC(O)c1c(NC(C)=O)ccn1-c1ccc(Cl)cc1. The van der Waals surface area contributed by atoms with E-state index >= 15 is 0 Å². The fourth-order valence-electron chi connectivity index (χ4n) is 2.06. The third-order valence-electron chi connectivity index (χ3n) is 2.90. The molecule has 0 saturated heterocycles. The highest BCUT2D eigenvalue weighted by Crippen LogP contribution is 2.29. The topological polar surface area (TPSA) is 63.5 Å². The van der Waals surface area contributed by atoms with Gasteiger partial charge in [0.2, 0.25) is 5.91 Å². The molecular weight excluding hydrogens is 292 g/mol. The van der Waals surface area contributed by atoms with Crippen molar-refractivity contribution in [2.75, 3.05) is 11.9 Å². The van der Waals surface area contributed by atoms with E-state index in [2.05, 4.69) is 5.32 Å². The highest BCUT2D eigenvalue weighted by molar-refractivity contribution is 6.30. The van der Waals surface area contributed by atoms with Crippen LogP contribution in [0.25, 0.3) is 5.69 Å². The maximum Gasteiger partial charge on any atom is 0.221 e. The standard InChI is InChI=1S/C15H17ClN2O3/c1-3-21-15(20)14-13(17-10(2)19)8-9-18(14)12-6-4-11(16)5-7-12/h4-9,15,20H,3H2,1-2H3,(H,17,19). The molecule has 0 radical (unpaired) electrons.